The summed E-state index contributed by atoms with van der Waals surface area (Å²) in [5, 5.41) is 2.65. The Balaban J connectivity index is 1.78. The Morgan fingerprint density at radius 3 is 2.60 bits per heavy atom. The number of carbonyl (C=O) groups is 2. The summed E-state index contributed by atoms with van der Waals surface area (Å²) in [6.07, 6.45) is 1.76. The maximum Gasteiger partial charge on any atom is 0.251 e. The number of benzene rings is 2. The molecule has 0 fully saturated rings. The van der Waals surface area contributed by atoms with Crippen molar-refractivity contribution in [2.75, 3.05) is 0 Å². The molecule has 0 aliphatic rings. The van der Waals surface area contributed by atoms with Crippen molar-refractivity contribution >= 4 is 38.8 Å². The first kappa shape index (κ1) is 17.0. The van der Waals surface area contributed by atoms with Crippen LogP contribution in [0.2, 0.25) is 0 Å². The van der Waals surface area contributed by atoms with Gasteiger partial charge in [-0.15, -0.1) is 0 Å². The summed E-state index contributed by atoms with van der Waals surface area (Å²) < 4.78 is 0.774. The highest BCUT2D eigenvalue weighted by Gasteiger charge is 2.20. The fourth-order valence-corrected chi connectivity index (χ4v) is 2.80. The molecule has 3 N–H and O–H groups in total. The van der Waals surface area contributed by atoms with Crippen molar-refractivity contribution in [2.45, 2.75) is 12.5 Å². The number of primary amides is 1. The lowest BCUT2D eigenvalue weighted by molar-refractivity contribution is -0.119. The number of nitrogens with two attached hydrogens (primary N) is 1. The Labute approximate surface area is 152 Å². The number of hydrogen-bond acceptors (Lipinski definition) is 4. The molecule has 1 aromatic heterocycles. The van der Waals surface area contributed by atoms with Gasteiger partial charge in [-0.1, -0.05) is 34.1 Å². The first-order chi connectivity index (χ1) is 12.0. The molecule has 25 heavy (non-hydrogen) atoms. The van der Waals surface area contributed by atoms with E-state index in [2.05, 4.69) is 31.2 Å². The predicted octanol–water partition coefficient (Wildman–Crippen LogP) is 2.22. The van der Waals surface area contributed by atoms with Gasteiger partial charge in [0.25, 0.3) is 5.91 Å². The Morgan fingerprint density at radius 2 is 1.88 bits per heavy atom. The number of carbonyl (C=O) groups excluding carboxylic acids is 2. The second kappa shape index (κ2) is 7.40. The molecule has 1 atom stereocenters. The molecular weight excluding hydrogens is 384 g/mol. The third kappa shape index (κ3) is 4.19. The highest BCUT2D eigenvalue weighted by molar-refractivity contribution is 9.10. The normalized spacial score (nSPS) is 11.9. The minimum absolute atomic E-state index is 0.174. The highest BCUT2D eigenvalue weighted by atomic mass is 79.9. The molecular formula is C18H15BrN4O2. The molecule has 2 amide bonds. The molecule has 0 unspecified atom stereocenters. The quantitative estimate of drug-likeness (QED) is 0.688. The molecule has 0 spiro atoms. The number of hydrogen-bond donors (Lipinski definition) is 2. The van der Waals surface area contributed by atoms with E-state index in [1.165, 1.54) is 0 Å². The van der Waals surface area contributed by atoms with E-state index >= 15 is 0 Å². The van der Waals surface area contributed by atoms with Gasteiger partial charge in [-0.25, -0.2) is 4.98 Å². The van der Waals surface area contributed by atoms with Gasteiger partial charge in [-0.2, -0.15) is 0 Å². The van der Waals surface area contributed by atoms with Crippen LogP contribution in [0.15, 0.2) is 59.2 Å². The Kier molecular flexibility index (Phi) is 5.04. The average Bonchev–Trinajstić information content (AvgIpc) is 2.61. The zero-order valence-electron chi connectivity index (χ0n) is 13.1. The van der Waals surface area contributed by atoms with Crippen LogP contribution in [0.5, 0.6) is 0 Å². The van der Waals surface area contributed by atoms with Gasteiger partial charge in [0.15, 0.2) is 0 Å². The van der Waals surface area contributed by atoms with E-state index in [0.717, 1.165) is 15.5 Å². The summed E-state index contributed by atoms with van der Waals surface area (Å²) in [7, 11) is 0. The van der Waals surface area contributed by atoms with Crippen molar-refractivity contribution < 1.29 is 9.59 Å². The topological polar surface area (TPSA) is 98.0 Å². The van der Waals surface area contributed by atoms with Crippen LogP contribution in [0.25, 0.3) is 11.0 Å². The largest absolute Gasteiger partial charge is 0.368 e. The van der Waals surface area contributed by atoms with Crippen LogP contribution in [0, 0.1) is 0 Å². The maximum atomic E-state index is 12.3. The van der Waals surface area contributed by atoms with E-state index in [1.54, 1.807) is 24.4 Å². The second-order valence-corrected chi connectivity index (χ2v) is 6.41. The van der Waals surface area contributed by atoms with E-state index in [1.807, 2.05) is 30.3 Å². The summed E-state index contributed by atoms with van der Waals surface area (Å²) in [5.41, 5.74) is 7.95. The van der Waals surface area contributed by atoms with Gasteiger partial charge in [0.2, 0.25) is 5.91 Å². The number of aromatic nitrogens is 2. The summed E-state index contributed by atoms with van der Waals surface area (Å²) in [6, 6.07) is 13.4. The molecule has 3 rings (SSSR count). The summed E-state index contributed by atoms with van der Waals surface area (Å²) in [4.78, 5) is 32.9. The average molecular weight is 399 g/mol. The minimum atomic E-state index is -0.873. The van der Waals surface area contributed by atoms with Gasteiger partial charge in [-0.3, -0.25) is 14.6 Å². The van der Waals surface area contributed by atoms with E-state index in [-0.39, 0.29) is 12.3 Å². The van der Waals surface area contributed by atoms with Crippen LogP contribution in [0.4, 0.5) is 0 Å². The molecule has 0 saturated carbocycles. The van der Waals surface area contributed by atoms with Crippen molar-refractivity contribution in [3.8, 4) is 0 Å². The molecule has 0 aliphatic heterocycles. The number of amides is 2. The number of nitrogens with zero attached hydrogens (tertiary/aromatic N) is 2. The van der Waals surface area contributed by atoms with Crippen LogP contribution < -0.4 is 11.1 Å². The van der Waals surface area contributed by atoms with Gasteiger partial charge in [0.05, 0.1) is 16.7 Å². The van der Waals surface area contributed by atoms with Crippen LogP contribution in [-0.4, -0.2) is 27.8 Å². The number of rotatable bonds is 5. The number of nitrogens with one attached hydrogen (secondary N) is 1. The van der Waals surface area contributed by atoms with Gasteiger partial charge in [0, 0.05) is 22.7 Å². The Hall–Kier alpha value is -2.80. The van der Waals surface area contributed by atoms with E-state index in [0.29, 0.717) is 11.3 Å². The molecule has 126 valence electrons. The SMILES string of the molecule is NC(=O)[C@H](Cc1cnc2ccccc2n1)NC(=O)c1cccc(Br)c1. The molecule has 7 heteroatoms. The van der Waals surface area contributed by atoms with Crippen molar-refractivity contribution in [3.05, 3.63) is 70.5 Å². The van der Waals surface area contributed by atoms with E-state index in [4.69, 9.17) is 5.73 Å². The Morgan fingerprint density at radius 1 is 1.12 bits per heavy atom. The first-order valence-electron chi connectivity index (χ1n) is 7.59. The van der Waals surface area contributed by atoms with Crippen LogP contribution in [0.1, 0.15) is 16.1 Å². The zero-order valence-corrected chi connectivity index (χ0v) is 14.7. The molecule has 2 aromatic carbocycles. The molecule has 3 aromatic rings. The van der Waals surface area contributed by atoms with Gasteiger partial charge in [-0.05, 0) is 30.3 Å². The van der Waals surface area contributed by atoms with Crippen LogP contribution in [-0.2, 0) is 11.2 Å². The maximum absolute atomic E-state index is 12.3. The third-order valence-corrected chi connectivity index (χ3v) is 4.14. The predicted molar refractivity (Wildman–Crippen MR) is 97.8 cm³/mol. The van der Waals surface area contributed by atoms with Crippen molar-refractivity contribution in [3.63, 3.8) is 0 Å². The lowest BCUT2D eigenvalue weighted by Gasteiger charge is -2.15. The van der Waals surface area contributed by atoms with Gasteiger partial charge in [0.1, 0.15) is 6.04 Å². The summed E-state index contributed by atoms with van der Waals surface area (Å²) in [5.74, 6) is -1.00. The molecule has 0 bridgehead atoms. The molecule has 0 aliphatic carbocycles. The Bertz CT molecular complexity index is 945. The van der Waals surface area contributed by atoms with Crippen LogP contribution >= 0.6 is 15.9 Å². The minimum Gasteiger partial charge on any atom is -0.368 e. The van der Waals surface area contributed by atoms with Crippen molar-refractivity contribution in [2.24, 2.45) is 5.73 Å². The van der Waals surface area contributed by atoms with Crippen molar-refractivity contribution in [1.29, 1.82) is 0 Å². The lowest BCUT2D eigenvalue weighted by Crippen LogP contribution is -2.46. The third-order valence-electron chi connectivity index (χ3n) is 3.65. The summed E-state index contributed by atoms with van der Waals surface area (Å²) in [6.45, 7) is 0. The number of para-hydroxylation sites is 2. The standard InChI is InChI=1S/C18H15BrN4O2/c19-12-5-3-4-11(8-12)18(25)23-16(17(20)24)9-13-10-21-14-6-1-2-7-15(14)22-13/h1-8,10,16H,9H2,(H2,20,24)(H,23,25)/t16-/m0/s1. The zero-order chi connectivity index (χ0) is 17.8. The van der Waals surface area contributed by atoms with Gasteiger partial charge >= 0.3 is 0 Å². The summed E-state index contributed by atoms with van der Waals surface area (Å²) >= 11 is 3.31. The highest BCUT2D eigenvalue weighted by Crippen LogP contribution is 2.13. The lowest BCUT2D eigenvalue weighted by atomic mass is 10.1. The fourth-order valence-electron chi connectivity index (χ4n) is 2.40. The monoisotopic (exact) mass is 398 g/mol. The molecule has 0 radical (unpaired) electrons. The van der Waals surface area contributed by atoms with Crippen LogP contribution in [0.3, 0.4) is 0 Å². The number of halogens is 1. The first-order valence-corrected chi connectivity index (χ1v) is 8.38. The molecule has 6 nitrogen and oxygen atoms in total. The fraction of sp³-hybridized carbons (Fsp3) is 0.111. The number of fused-ring (bicyclic) bond motifs is 1. The van der Waals surface area contributed by atoms with E-state index < -0.39 is 11.9 Å². The molecule has 1 heterocycles. The smallest absolute Gasteiger partial charge is 0.251 e. The van der Waals surface area contributed by atoms with Crippen molar-refractivity contribution in [1.82, 2.24) is 15.3 Å². The molecule has 0 saturated heterocycles. The van der Waals surface area contributed by atoms with Gasteiger partial charge < -0.3 is 11.1 Å². The van der Waals surface area contributed by atoms with E-state index in [9.17, 15) is 9.59 Å². The second-order valence-electron chi connectivity index (χ2n) is 5.49.